The van der Waals surface area contributed by atoms with Crippen molar-refractivity contribution in [1.82, 2.24) is 10.6 Å². The van der Waals surface area contributed by atoms with Gasteiger partial charge in [0.15, 0.2) is 0 Å². The van der Waals surface area contributed by atoms with Gasteiger partial charge in [-0.2, -0.15) is 0 Å². The Hall–Kier alpha value is -0.650. The quantitative estimate of drug-likeness (QED) is 0.649. The summed E-state index contributed by atoms with van der Waals surface area (Å²) in [6.07, 6.45) is 3.06. The van der Waals surface area contributed by atoms with Crippen LogP contribution in [0, 0.1) is 5.92 Å². The van der Waals surface area contributed by atoms with E-state index in [1.54, 1.807) is 0 Å². The van der Waals surface area contributed by atoms with Gasteiger partial charge >= 0.3 is 0 Å². The summed E-state index contributed by atoms with van der Waals surface area (Å²) < 4.78 is 5.33. The molecule has 2 saturated heterocycles. The lowest BCUT2D eigenvalue weighted by Crippen LogP contribution is -2.47. The van der Waals surface area contributed by atoms with E-state index in [-0.39, 0.29) is 12.0 Å². The minimum atomic E-state index is -0.884. The Kier molecular flexibility index (Phi) is 4.59. The summed E-state index contributed by atoms with van der Waals surface area (Å²) in [6, 6.07) is 0. The number of amides is 1. The molecule has 3 N–H and O–H groups in total. The van der Waals surface area contributed by atoms with Crippen LogP contribution < -0.4 is 10.6 Å². The second kappa shape index (κ2) is 5.99. The third-order valence-corrected chi connectivity index (χ3v) is 4.19. The second-order valence-corrected chi connectivity index (χ2v) is 5.54. The first-order valence-corrected chi connectivity index (χ1v) is 6.91. The van der Waals surface area contributed by atoms with E-state index in [1.807, 2.05) is 6.92 Å². The van der Waals surface area contributed by atoms with Gasteiger partial charge in [-0.05, 0) is 38.8 Å². The topological polar surface area (TPSA) is 70.6 Å². The maximum Gasteiger partial charge on any atom is 0.220 e. The minimum Gasteiger partial charge on any atom is -0.385 e. The summed E-state index contributed by atoms with van der Waals surface area (Å²) >= 11 is 0. The molecule has 0 spiro atoms. The average Bonchev–Trinajstić information content (AvgIpc) is 2.96. The molecule has 2 heterocycles. The summed E-state index contributed by atoms with van der Waals surface area (Å²) in [5, 5.41) is 16.4. The summed E-state index contributed by atoms with van der Waals surface area (Å²) in [5.74, 6) is 0.669. The predicted octanol–water partition coefficient (Wildman–Crippen LogP) is 0.0322. The number of carbonyl (C=O) groups excluding carboxylic acids is 1. The third kappa shape index (κ3) is 3.43. The highest BCUT2D eigenvalue weighted by molar-refractivity contribution is 5.75. The molecule has 0 radical (unpaired) electrons. The maximum absolute atomic E-state index is 11.7. The maximum atomic E-state index is 11.7. The molecule has 104 valence electrons. The van der Waals surface area contributed by atoms with Crippen molar-refractivity contribution in [2.75, 3.05) is 26.2 Å². The number of ether oxygens (including phenoxy) is 1. The van der Waals surface area contributed by atoms with Crippen LogP contribution in [0.4, 0.5) is 0 Å². The Morgan fingerprint density at radius 3 is 3.06 bits per heavy atom. The van der Waals surface area contributed by atoms with Crippen molar-refractivity contribution in [3.05, 3.63) is 0 Å². The SMILES string of the molecule is CC1OCCC1(O)CNC(=O)CCC1CCNC1. The molecule has 3 unspecified atom stereocenters. The molecule has 0 aromatic rings. The van der Waals surface area contributed by atoms with Crippen LogP contribution in [0.15, 0.2) is 0 Å². The van der Waals surface area contributed by atoms with E-state index in [0.29, 0.717) is 31.9 Å². The molecule has 3 atom stereocenters. The summed E-state index contributed by atoms with van der Waals surface area (Å²) in [6.45, 7) is 4.82. The first-order chi connectivity index (χ1) is 8.60. The number of rotatable bonds is 5. The smallest absolute Gasteiger partial charge is 0.220 e. The van der Waals surface area contributed by atoms with Crippen LogP contribution in [0.1, 0.15) is 32.6 Å². The summed E-state index contributed by atoms with van der Waals surface area (Å²) in [7, 11) is 0. The van der Waals surface area contributed by atoms with Crippen LogP contribution in [0.5, 0.6) is 0 Å². The van der Waals surface area contributed by atoms with Gasteiger partial charge in [0.1, 0.15) is 5.60 Å². The van der Waals surface area contributed by atoms with E-state index < -0.39 is 5.60 Å². The first kappa shape index (κ1) is 13.8. The molecule has 0 aliphatic carbocycles. The zero-order chi connectivity index (χ0) is 13.0. The van der Waals surface area contributed by atoms with Crippen LogP contribution in [-0.4, -0.2) is 49.0 Å². The lowest BCUT2D eigenvalue weighted by Gasteiger charge is -2.26. The molecule has 5 heteroatoms. The highest BCUT2D eigenvalue weighted by Crippen LogP contribution is 2.24. The highest BCUT2D eigenvalue weighted by atomic mass is 16.5. The fraction of sp³-hybridized carbons (Fsp3) is 0.923. The van der Waals surface area contributed by atoms with E-state index in [9.17, 15) is 9.90 Å². The molecule has 2 aliphatic heterocycles. The van der Waals surface area contributed by atoms with Crippen molar-refractivity contribution in [2.45, 2.75) is 44.3 Å². The molecule has 1 amide bonds. The predicted molar refractivity (Wildman–Crippen MR) is 68.2 cm³/mol. The van der Waals surface area contributed by atoms with Gasteiger partial charge in [0.05, 0.1) is 6.10 Å². The monoisotopic (exact) mass is 256 g/mol. The second-order valence-electron chi connectivity index (χ2n) is 5.54. The third-order valence-electron chi connectivity index (χ3n) is 4.19. The molecular formula is C13H24N2O3. The average molecular weight is 256 g/mol. The van der Waals surface area contributed by atoms with Gasteiger partial charge < -0.3 is 20.5 Å². The van der Waals surface area contributed by atoms with Crippen molar-refractivity contribution >= 4 is 5.91 Å². The van der Waals surface area contributed by atoms with Crippen LogP contribution in [0.25, 0.3) is 0 Å². The van der Waals surface area contributed by atoms with Gasteiger partial charge in [-0.15, -0.1) is 0 Å². The van der Waals surface area contributed by atoms with E-state index in [1.165, 1.54) is 6.42 Å². The van der Waals surface area contributed by atoms with E-state index >= 15 is 0 Å². The van der Waals surface area contributed by atoms with Crippen molar-refractivity contribution in [1.29, 1.82) is 0 Å². The van der Waals surface area contributed by atoms with Gasteiger partial charge in [-0.3, -0.25) is 4.79 Å². The minimum absolute atomic E-state index is 0.0365. The molecule has 18 heavy (non-hydrogen) atoms. The molecule has 2 rings (SSSR count). The van der Waals surface area contributed by atoms with Crippen LogP contribution in [0.3, 0.4) is 0 Å². The molecule has 0 aromatic heterocycles. The lowest BCUT2D eigenvalue weighted by molar-refractivity contribution is -0.123. The van der Waals surface area contributed by atoms with Crippen LogP contribution >= 0.6 is 0 Å². The number of nitrogens with one attached hydrogen (secondary N) is 2. The zero-order valence-electron chi connectivity index (χ0n) is 11.1. The fourth-order valence-electron chi connectivity index (χ4n) is 2.64. The van der Waals surface area contributed by atoms with Crippen molar-refractivity contribution in [3.63, 3.8) is 0 Å². The molecule has 2 aliphatic rings. The van der Waals surface area contributed by atoms with Crippen molar-refractivity contribution in [3.8, 4) is 0 Å². The Labute approximate surface area is 108 Å². The van der Waals surface area contributed by atoms with Gasteiger partial charge in [0, 0.05) is 26.0 Å². The fourth-order valence-corrected chi connectivity index (χ4v) is 2.64. The Morgan fingerprint density at radius 2 is 2.44 bits per heavy atom. The van der Waals surface area contributed by atoms with E-state index in [4.69, 9.17) is 4.74 Å². The van der Waals surface area contributed by atoms with Crippen LogP contribution in [-0.2, 0) is 9.53 Å². The molecule has 2 fully saturated rings. The largest absolute Gasteiger partial charge is 0.385 e. The standard InChI is InChI=1S/C13H24N2O3/c1-10-13(17,5-7-18-10)9-15-12(16)3-2-11-4-6-14-8-11/h10-11,14,17H,2-9H2,1H3,(H,15,16). The molecular weight excluding hydrogens is 232 g/mol. The van der Waals surface area contributed by atoms with E-state index in [0.717, 1.165) is 19.5 Å². The Bertz CT molecular complexity index is 292. The number of carbonyl (C=O) groups is 1. The zero-order valence-corrected chi connectivity index (χ0v) is 11.1. The van der Waals surface area contributed by atoms with E-state index in [2.05, 4.69) is 10.6 Å². The molecule has 0 saturated carbocycles. The summed E-state index contributed by atoms with van der Waals surface area (Å²) in [5.41, 5.74) is -0.884. The van der Waals surface area contributed by atoms with Crippen LogP contribution in [0.2, 0.25) is 0 Å². The Balaban J connectivity index is 1.65. The van der Waals surface area contributed by atoms with Gasteiger partial charge in [-0.1, -0.05) is 0 Å². The highest BCUT2D eigenvalue weighted by Gasteiger charge is 2.39. The lowest BCUT2D eigenvalue weighted by atomic mass is 9.96. The first-order valence-electron chi connectivity index (χ1n) is 6.91. The van der Waals surface area contributed by atoms with Gasteiger partial charge in [0.25, 0.3) is 0 Å². The van der Waals surface area contributed by atoms with Gasteiger partial charge in [-0.25, -0.2) is 0 Å². The Morgan fingerprint density at radius 1 is 1.61 bits per heavy atom. The molecule has 5 nitrogen and oxygen atoms in total. The molecule has 0 bridgehead atoms. The van der Waals surface area contributed by atoms with Crippen molar-refractivity contribution < 1.29 is 14.6 Å². The van der Waals surface area contributed by atoms with Gasteiger partial charge in [0.2, 0.25) is 5.91 Å². The number of aliphatic hydroxyl groups is 1. The normalized spacial score (nSPS) is 35.9. The van der Waals surface area contributed by atoms with Crippen molar-refractivity contribution in [2.24, 2.45) is 5.92 Å². The number of hydrogen-bond acceptors (Lipinski definition) is 4. The molecule has 0 aromatic carbocycles. The summed E-state index contributed by atoms with van der Waals surface area (Å²) in [4.78, 5) is 11.7. The number of hydrogen-bond donors (Lipinski definition) is 3.